The van der Waals surface area contributed by atoms with Gasteiger partial charge in [-0.3, -0.25) is 4.68 Å². The second-order valence-corrected chi connectivity index (χ2v) is 3.79. The lowest BCUT2D eigenvalue weighted by molar-refractivity contribution is -0.142. The Kier molecular flexibility index (Phi) is 3.42. The van der Waals surface area contributed by atoms with Gasteiger partial charge in [-0.2, -0.15) is 18.3 Å². The fraction of sp³-hybridized carbons (Fsp3) is 0.700. The summed E-state index contributed by atoms with van der Waals surface area (Å²) >= 11 is 0. The van der Waals surface area contributed by atoms with Crippen LogP contribution in [-0.4, -0.2) is 9.78 Å². The molecule has 0 amide bonds. The predicted octanol–water partition coefficient (Wildman–Crippen LogP) is 3.34. The number of rotatable bonds is 3. The second kappa shape index (κ2) is 4.24. The van der Waals surface area contributed by atoms with Gasteiger partial charge < -0.3 is 0 Å². The van der Waals surface area contributed by atoms with Crippen LogP contribution in [0.25, 0.3) is 0 Å². The first-order valence-electron chi connectivity index (χ1n) is 4.97. The first kappa shape index (κ1) is 12.1. The van der Waals surface area contributed by atoms with Crippen molar-refractivity contribution in [2.75, 3.05) is 0 Å². The molecule has 1 unspecified atom stereocenters. The molecule has 0 saturated heterocycles. The molecule has 2 nitrogen and oxygen atoms in total. The minimum atomic E-state index is -4.35. The molecule has 0 aromatic carbocycles. The van der Waals surface area contributed by atoms with Crippen molar-refractivity contribution in [1.29, 1.82) is 0 Å². The summed E-state index contributed by atoms with van der Waals surface area (Å²) < 4.78 is 39.0. The van der Waals surface area contributed by atoms with Crippen LogP contribution in [0.15, 0.2) is 6.20 Å². The van der Waals surface area contributed by atoms with Crippen LogP contribution in [0, 0.1) is 0 Å². The summed E-state index contributed by atoms with van der Waals surface area (Å²) in [6.45, 7) is 3.76. The highest BCUT2D eigenvalue weighted by Gasteiger charge is 2.37. The van der Waals surface area contributed by atoms with Gasteiger partial charge in [0.25, 0.3) is 0 Å². The van der Waals surface area contributed by atoms with E-state index in [0.29, 0.717) is 5.56 Å². The molecule has 0 saturated carbocycles. The number of aryl methyl sites for hydroxylation is 1. The Morgan fingerprint density at radius 3 is 2.53 bits per heavy atom. The Hall–Kier alpha value is -1.00. The first-order chi connectivity index (χ1) is 6.86. The molecule has 1 aromatic rings. The van der Waals surface area contributed by atoms with Crippen LogP contribution in [-0.2, 0) is 13.2 Å². The van der Waals surface area contributed by atoms with Crippen molar-refractivity contribution < 1.29 is 13.2 Å². The van der Waals surface area contributed by atoms with Crippen LogP contribution in [0.3, 0.4) is 0 Å². The van der Waals surface area contributed by atoms with Gasteiger partial charge in [0.1, 0.15) is 0 Å². The van der Waals surface area contributed by atoms with E-state index < -0.39 is 11.9 Å². The van der Waals surface area contributed by atoms with Crippen LogP contribution in [0.5, 0.6) is 0 Å². The molecule has 0 aliphatic carbocycles. The van der Waals surface area contributed by atoms with Gasteiger partial charge >= 0.3 is 6.18 Å². The smallest absolute Gasteiger partial charge is 0.275 e. The highest BCUT2D eigenvalue weighted by molar-refractivity contribution is 5.23. The predicted molar refractivity (Wildman–Crippen MR) is 51.5 cm³/mol. The third-order valence-corrected chi connectivity index (χ3v) is 2.38. The maximum absolute atomic E-state index is 12.6. The quantitative estimate of drug-likeness (QED) is 0.763. The van der Waals surface area contributed by atoms with Crippen molar-refractivity contribution >= 4 is 0 Å². The number of nitrogens with zero attached hydrogens (tertiary/aromatic N) is 2. The average Bonchev–Trinajstić information content (AvgIpc) is 2.47. The van der Waals surface area contributed by atoms with Crippen LogP contribution < -0.4 is 0 Å². The average molecular weight is 220 g/mol. The monoisotopic (exact) mass is 220 g/mol. The Morgan fingerprint density at radius 1 is 1.47 bits per heavy atom. The van der Waals surface area contributed by atoms with Crippen LogP contribution >= 0.6 is 0 Å². The number of hydrogen-bond donors (Lipinski definition) is 0. The fourth-order valence-electron chi connectivity index (χ4n) is 1.68. The third-order valence-electron chi connectivity index (χ3n) is 2.38. The van der Waals surface area contributed by atoms with Crippen LogP contribution in [0.2, 0.25) is 0 Å². The minimum absolute atomic E-state index is 0.0969. The molecule has 1 aromatic heterocycles. The lowest BCUT2D eigenvalue weighted by Crippen LogP contribution is -2.10. The van der Waals surface area contributed by atoms with Crippen molar-refractivity contribution in [3.63, 3.8) is 0 Å². The van der Waals surface area contributed by atoms with E-state index in [2.05, 4.69) is 5.10 Å². The maximum atomic E-state index is 12.6. The molecule has 0 radical (unpaired) electrons. The fourth-order valence-corrected chi connectivity index (χ4v) is 1.68. The summed E-state index contributed by atoms with van der Waals surface area (Å²) in [4.78, 5) is 0. The summed E-state index contributed by atoms with van der Waals surface area (Å²) in [5.74, 6) is -0.0969. The van der Waals surface area contributed by atoms with Crippen molar-refractivity contribution in [3.8, 4) is 0 Å². The molecule has 0 spiro atoms. The second-order valence-electron chi connectivity index (χ2n) is 3.79. The van der Waals surface area contributed by atoms with E-state index in [-0.39, 0.29) is 5.92 Å². The summed E-state index contributed by atoms with van der Waals surface area (Å²) in [6, 6.07) is 0. The molecule has 86 valence electrons. The third kappa shape index (κ3) is 2.73. The zero-order chi connectivity index (χ0) is 11.6. The van der Waals surface area contributed by atoms with E-state index in [0.717, 1.165) is 12.8 Å². The Morgan fingerprint density at radius 2 is 2.07 bits per heavy atom. The molecule has 0 N–H and O–H groups in total. The van der Waals surface area contributed by atoms with E-state index >= 15 is 0 Å². The molecule has 0 bridgehead atoms. The highest BCUT2D eigenvalue weighted by atomic mass is 19.4. The summed E-state index contributed by atoms with van der Waals surface area (Å²) in [5, 5.41) is 3.48. The Bertz CT molecular complexity index is 328. The topological polar surface area (TPSA) is 17.8 Å². The molecule has 5 heteroatoms. The number of alkyl halides is 3. The molecule has 1 atom stereocenters. The number of halogens is 3. The molecule has 1 rings (SSSR count). The van der Waals surface area contributed by atoms with Gasteiger partial charge in [0.15, 0.2) is 5.69 Å². The van der Waals surface area contributed by atoms with Gasteiger partial charge in [-0.25, -0.2) is 0 Å². The minimum Gasteiger partial charge on any atom is -0.275 e. The van der Waals surface area contributed by atoms with Gasteiger partial charge in [0.2, 0.25) is 0 Å². The van der Waals surface area contributed by atoms with Gasteiger partial charge in [-0.15, -0.1) is 0 Å². The largest absolute Gasteiger partial charge is 0.435 e. The van der Waals surface area contributed by atoms with Crippen molar-refractivity contribution in [2.24, 2.45) is 7.05 Å². The maximum Gasteiger partial charge on any atom is 0.435 e. The molecule has 1 heterocycles. The normalized spacial score (nSPS) is 14.3. The molecular formula is C10H15F3N2. The Labute approximate surface area is 87.1 Å². The molecule has 0 aliphatic heterocycles. The molecule has 0 aliphatic rings. The number of aromatic nitrogens is 2. The first-order valence-corrected chi connectivity index (χ1v) is 4.97. The van der Waals surface area contributed by atoms with Crippen LogP contribution in [0.1, 0.15) is 43.9 Å². The molecule has 0 fully saturated rings. The van der Waals surface area contributed by atoms with Gasteiger partial charge in [-0.1, -0.05) is 20.3 Å². The van der Waals surface area contributed by atoms with Crippen LogP contribution in [0.4, 0.5) is 13.2 Å². The van der Waals surface area contributed by atoms with E-state index in [1.165, 1.54) is 17.9 Å². The van der Waals surface area contributed by atoms with E-state index in [1.807, 2.05) is 6.92 Å². The van der Waals surface area contributed by atoms with Gasteiger partial charge in [-0.05, 0) is 12.3 Å². The van der Waals surface area contributed by atoms with E-state index in [9.17, 15) is 13.2 Å². The van der Waals surface area contributed by atoms with Gasteiger partial charge in [0.05, 0.1) is 0 Å². The Balaban J connectivity index is 3.06. The highest BCUT2D eigenvalue weighted by Crippen LogP contribution is 2.35. The lowest BCUT2D eigenvalue weighted by Gasteiger charge is -2.11. The molecular weight excluding hydrogens is 205 g/mol. The molecule has 15 heavy (non-hydrogen) atoms. The standard InChI is InChI=1S/C10H15F3N2/c1-4-5-7(2)8-6-15(3)14-9(8)10(11,12)13/h6-7H,4-5H2,1-3H3. The van der Waals surface area contributed by atoms with Crippen molar-refractivity contribution in [3.05, 3.63) is 17.5 Å². The van der Waals surface area contributed by atoms with E-state index in [1.54, 1.807) is 6.92 Å². The lowest BCUT2D eigenvalue weighted by atomic mass is 9.97. The SMILES string of the molecule is CCCC(C)c1cn(C)nc1C(F)(F)F. The van der Waals surface area contributed by atoms with Gasteiger partial charge in [0, 0.05) is 18.8 Å². The van der Waals surface area contributed by atoms with Crippen molar-refractivity contribution in [2.45, 2.75) is 38.8 Å². The zero-order valence-electron chi connectivity index (χ0n) is 9.10. The number of hydrogen-bond acceptors (Lipinski definition) is 1. The van der Waals surface area contributed by atoms with Crippen molar-refractivity contribution in [1.82, 2.24) is 9.78 Å². The summed E-state index contributed by atoms with van der Waals surface area (Å²) in [7, 11) is 1.51. The summed E-state index contributed by atoms with van der Waals surface area (Å²) in [5.41, 5.74) is -0.446. The zero-order valence-corrected chi connectivity index (χ0v) is 9.10. The summed E-state index contributed by atoms with van der Waals surface area (Å²) in [6.07, 6.45) is -1.27. The van der Waals surface area contributed by atoms with E-state index in [4.69, 9.17) is 0 Å².